The molecule has 3 aliphatic heterocycles. The first-order valence-electron chi connectivity index (χ1n) is 13.2. The molecular formula is C28H29N7O3. The van der Waals surface area contributed by atoms with Crippen LogP contribution in [0.5, 0.6) is 11.6 Å². The molecule has 38 heavy (non-hydrogen) atoms. The van der Waals surface area contributed by atoms with E-state index in [0.29, 0.717) is 11.5 Å². The number of H-pyrrole nitrogens is 1. The van der Waals surface area contributed by atoms with E-state index in [1.807, 2.05) is 28.8 Å². The van der Waals surface area contributed by atoms with Crippen LogP contribution in [0, 0.1) is 6.92 Å². The van der Waals surface area contributed by atoms with Crippen LogP contribution < -0.4 is 15.3 Å². The van der Waals surface area contributed by atoms with Crippen molar-refractivity contribution >= 4 is 28.4 Å². The van der Waals surface area contributed by atoms with Crippen molar-refractivity contribution in [2.45, 2.75) is 51.2 Å². The maximum absolute atomic E-state index is 12.6. The number of anilines is 1. The molecule has 2 saturated heterocycles. The Labute approximate surface area is 219 Å². The Balaban J connectivity index is 1.04. The van der Waals surface area contributed by atoms with Gasteiger partial charge in [0.1, 0.15) is 17.9 Å². The lowest BCUT2D eigenvalue weighted by Crippen LogP contribution is -2.37. The lowest BCUT2D eigenvalue weighted by atomic mass is 10.0. The zero-order valence-corrected chi connectivity index (χ0v) is 21.3. The minimum absolute atomic E-state index is 0.104. The molecule has 7 rings (SSSR count). The molecule has 3 aliphatic rings. The molecule has 10 nitrogen and oxygen atoms in total. The Morgan fingerprint density at radius 3 is 2.84 bits per heavy atom. The quantitative estimate of drug-likeness (QED) is 0.426. The number of piperidine rings is 1. The fourth-order valence-corrected chi connectivity index (χ4v) is 5.93. The summed E-state index contributed by atoms with van der Waals surface area (Å²) in [6, 6.07) is 9.89. The Kier molecular flexibility index (Phi) is 5.69. The van der Waals surface area contributed by atoms with Crippen LogP contribution in [0.3, 0.4) is 0 Å². The first kappa shape index (κ1) is 23.1. The van der Waals surface area contributed by atoms with Crippen LogP contribution in [0.25, 0.3) is 11.2 Å². The van der Waals surface area contributed by atoms with Crippen LogP contribution in [0.4, 0.5) is 11.5 Å². The van der Waals surface area contributed by atoms with Crippen molar-refractivity contribution in [1.29, 1.82) is 0 Å². The molecule has 0 spiro atoms. The maximum Gasteiger partial charge on any atom is 0.327 e. The van der Waals surface area contributed by atoms with Gasteiger partial charge in [0, 0.05) is 44.4 Å². The van der Waals surface area contributed by atoms with E-state index in [9.17, 15) is 4.79 Å². The molecule has 0 bridgehead atoms. The van der Waals surface area contributed by atoms with Gasteiger partial charge in [-0.25, -0.2) is 19.7 Å². The van der Waals surface area contributed by atoms with Crippen LogP contribution in [0.2, 0.25) is 0 Å². The number of ether oxygens (including phenoxy) is 2. The molecule has 3 aromatic heterocycles. The second-order valence-electron chi connectivity index (χ2n) is 10.2. The van der Waals surface area contributed by atoms with Gasteiger partial charge in [-0.15, -0.1) is 0 Å². The lowest BCUT2D eigenvalue weighted by Gasteiger charge is -2.33. The molecule has 0 aliphatic carbocycles. The summed E-state index contributed by atoms with van der Waals surface area (Å²) in [7, 11) is 0. The molecule has 10 heteroatoms. The minimum atomic E-state index is -0.104. The molecule has 0 radical (unpaired) electrons. The highest BCUT2D eigenvalue weighted by atomic mass is 16.5. The number of pyridine rings is 1. The van der Waals surface area contributed by atoms with Crippen molar-refractivity contribution in [3.05, 3.63) is 64.5 Å². The highest BCUT2D eigenvalue weighted by Crippen LogP contribution is 2.37. The Morgan fingerprint density at radius 1 is 1.11 bits per heavy atom. The third-order valence-electron chi connectivity index (χ3n) is 7.77. The van der Waals surface area contributed by atoms with Crippen LogP contribution in [0.1, 0.15) is 42.9 Å². The number of benzene rings is 1. The van der Waals surface area contributed by atoms with E-state index in [-0.39, 0.29) is 17.8 Å². The van der Waals surface area contributed by atoms with Gasteiger partial charge in [0.25, 0.3) is 0 Å². The normalized spacial score (nSPS) is 19.7. The summed E-state index contributed by atoms with van der Waals surface area (Å²) in [5.74, 6) is 2.08. The monoisotopic (exact) mass is 511 g/mol. The molecule has 0 unspecified atom stereocenters. The molecule has 0 amide bonds. The van der Waals surface area contributed by atoms with Gasteiger partial charge in [0.05, 0.1) is 23.0 Å². The molecule has 194 valence electrons. The predicted molar refractivity (Wildman–Crippen MR) is 144 cm³/mol. The van der Waals surface area contributed by atoms with Gasteiger partial charge in [0.2, 0.25) is 5.88 Å². The number of nitrogens with one attached hydrogen (secondary N) is 1. The van der Waals surface area contributed by atoms with Gasteiger partial charge in [-0.2, -0.15) is 0 Å². The second-order valence-corrected chi connectivity index (χ2v) is 10.2. The third-order valence-corrected chi connectivity index (χ3v) is 7.77. The SMILES string of the molecule is Cc1cc(Oc2cc(N3CCC(n4c(=O)[nH]c5ncccc54)CC3)ncn2)cc2c1N=C([C@@H]1CCCO1)C2. The van der Waals surface area contributed by atoms with Crippen molar-refractivity contribution < 1.29 is 9.47 Å². The zero-order valence-electron chi connectivity index (χ0n) is 21.3. The molecule has 1 aromatic carbocycles. The van der Waals surface area contributed by atoms with Gasteiger partial charge in [-0.3, -0.25) is 14.5 Å². The number of imidazole rings is 1. The maximum atomic E-state index is 12.6. The van der Waals surface area contributed by atoms with Crippen molar-refractivity contribution in [3.8, 4) is 11.6 Å². The third kappa shape index (κ3) is 4.14. The molecule has 2 fully saturated rings. The molecule has 1 N–H and O–H groups in total. The number of aliphatic imine (C=N–C) groups is 1. The largest absolute Gasteiger partial charge is 0.439 e. The van der Waals surface area contributed by atoms with Gasteiger partial charge in [-0.1, -0.05) is 0 Å². The number of hydrogen-bond donors (Lipinski definition) is 1. The number of rotatable bonds is 5. The van der Waals surface area contributed by atoms with Crippen LogP contribution in [-0.2, 0) is 11.2 Å². The van der Waals surface area contributed by atoms with Gasteiger partial charge >= 0.3 is 5.69 Å². The smallest absolute Gasteiger partial charge is 0.327 e. The average Bonchev–Trinajstić information content (AvgIpc) is 3.67. The van der Waals surface area contributed by atoms with Crippen molar-refractivity contribution in [1.82, 2.24) is 24.5 Å². The van der Waals surface area contributed by atoms with Crippen molar-refractivity contribution in [3.63, 3.8) is 0 Å². The summed E-state index contributed by atoms with van der Waals surface area (Å²) >= 11 is 0. The summed E-state index contributed by atoms with van der Waals surface area (Å²) in [6.07, 6.45) is 8.00. The van der Waals surface area contributed by atoms with Gasteiger partial charge in [-0.05, 0) is 68.0 Å². The topological polar surface area (TPSA) is 111 Å². The standard InChI is InChI=1S/C28H29N7O3/c1-17-12-20(13-18-14-21(32-26(17)18)23-5-3-11-37-23)38-25-15-24(30-16-31-25)34-9-6-19(7-10-34)35-22-4-2-8-29-27(22)33-28(35)36/h2,4,8,12-13,15-16,19,23H,3,5-7,9-11,14H2,1H3,(H,29,33,36)/t23-/m0/s1. The highest BCUT2D eigenvalue weighted by molar-refractivity contribution is 5.98. The Morgan fingerprint density at radius 2 is 2.00 bits per heavy atom. The van der Waals surface area contributed by atoms with Crippen LogP contribution >= 0.6 is 0 Å². The minimum Gasteiger partial charge on any atom is -0.439 e. The lowest BCUT2D eigenvalue weighted by molar-refractivity contribution is 0.157. The van der Waals surface area contributed by atoms with E-state index in [0.717, 1.165) is 85.8 Å². The summed E-state index contributed by atoms with van der Waals surface area (Å²) < 4.78 is 13.9. The Hall–Kier alpha value is -4.05. The molecule has 4 aromatic rings. The highest BCUT2D eigenvalue weighted by Gasteiger charge is 2.28. The first-order valence-corrected chi connectivity index (χ1v) is 13.2. The Bertz CT molecular complexity index is 1590. The summed E-state index contributed by atoms with van der Waals surface area (Å²) in [5.41, 5.74) is 5.80. The first-order chi connectivity index (χ1) is 18.6. The molecular weight excluding hydrogens is 482 g/mol. The number of nitrogens with zero attached hydrogens (tertiary/aromatic N) is 6. The molecule has 6 heterocycles. The van der Waals surface area contributed by atoms with E-state index < -0.39 is 0 Å². The summed E-state index contributed by atoms with van der Waals surface area (Å²) in [4.78, 5) is 35.7. The van der Waals surface area contributed by atoms with E-state index in [2.05, 4.69) is 37.8 Å². The second kappa shape index (κ2) is 9.36. The van der Waals surface area contributed by atoms with Crippen LogP contribution in [-0.4, -0.2) is 56.0 Å². The number of aryl methyl sites for hydroxylation is 1. The predicted octanol–water partition coefficient (Wildman–Crippen LogP) is 4.26. The van der Waals surface area contributed by atoms with Gasteiger partial charge in [0.15, 0.2) is 5.65 Å². The number of aromatic amines is 1. The van der Waals surface area contributed by atoms with E-state index in [1.165, 1.54) is 5.56 Å². The van der Waals surface area contributed by atoms with Gasteiger partial charge < -0.3 is 14.4 Å². The number of hydrogen-bond acceptors (Lipinski definition) is 8. The van der Waals surface area contributed by atoms with Crippen LogP contribution in [0.15, 0.2) is 52.6 Å². The van der Waals surface area contributed by atoms with E-state index in [4.69, 9.17) is 14.5 Å². The number of fused-ring (bicyclic) bond motifs is 2. The average molecular weight is 512 g/mol. The van der Waals surface area contributed by atoms with E-state index >= 15 is 0 Å². The van der Waals surface area contributed by atoms with Crippen molar-refractivity contribution in [2.24, 2.45) is 4.99 Å². The zero-order chi connectivity index (χ0) is 25.6. The summed E-state index contributed by atoms with van der Waals surface area (Å²) in [6.45, 7) is 4.45. The number of aromatic nitrogens is 5. The fraction of sp³-hybridized carbons (Fsp3) is 0.393. The van der Waals surface area contributed by atoms with Crippen molar-refractivity contribution in [2.75, 3.05) is 24.6 Å². The fourth-order valence-electron chi connectivity index (χ4n) is 5.93. The molecule has 0 saturated carbocycles. The summed E-state index contributed by atoms with van der Waals surface area (Å²) in [5, 5.41) is 0. The molecule has 1 atom stereocenters. The van der Waals surface area contributed by atoms with E-state index in [1.54, 1.807) is 12.5 Å².